The lowest BCUT2D eigenvalue weighted by Gasteiger charge is -2.25. The fourth-order valence-corrected chi connectivity index (χ4v) is 4.84. The second kappa shape index (κ2) is 7.16. The van der Waals surface area contributed by atoms with Crippen LogP contribution < -0.4 is 0 Å². The van der Waals surface area contributed by atoms with Crippen LogP contribution in [0.5, 0.6) is 0 Å². The predicted molar refractivity (Wildman–Crippen MR) is 111 cm³/mol. The highest BCUT2D eigenvalue weighted by Crippen LogP contribution is 2.47. The van der Waals surface area contributed by atoms with Gasteiger partial charge < -0.3 is 5.11 Å². The summed E-state index contributed by atoms with van der Waals surface area (Å²) in [6.07, 6.45) is 4.30. The minimum atomic E-state index is 0.0891. The molecule has 2 bridgehead atoms. The Hall–Kier alpha value is -2.06. The van der Waals surface area contributed by atoms with Crippen molar-refractivity contribution < 1.29 is 9.90 Å². The number of aliphatic hydroxyl groups is 1. The standard InChI is InChI=1S/C24H25ClO2/c1-3-14-11-19(16-7-9-20(25)10-8-16)12-15(4-2)21(14)22-23(26)17-5-6-18(13-17)24(22)27/h7-12,17-18,26H,3-6,13H2,1-2H3. The molecule has 2 atom stereocenters. The van der Waals surface area contributed by atoms with E-state index in [1.807, 2.05) is 24.3 Å². The third-order valence-corrected chi connectivity index (χ3v) is 6.44. The van der Waals surface area contributed by atoms with Gasteiger partial charge in [0, 0.05) is 16.9 Å². The van der Waals surface area contributed by atoms with E-state index in [-0.39, 0.29) is 17.6 Å². The van der Waals surface area contributed by atoms with Crippen LogP contribution in [0.1, 0.15) is 49.8 Å². The van der Waals surface area contributed by atoms with E-state index in [0.717, 1.165) is 64.9 Å². The summed E-state index contributed by atoms with van der Waals surface area (Å²) < 4.78 is 0. The highest BCUT2D eigenvalue weighted by Gasteiger charge is 2.42. The summed E-state index contributed by atoms with van der Waals surface area (Å²) in [7, 11) is 0. The van der Waals surface area contributed by atoms with Crippen molar-refractivity contribution in [3.8, 4) is 11.1 Å². The van der Waals surface area contributed by atoms with E-state index in [0.29, 0.717) is 11.3 Å². The zero-order valence-electron chi connectivity index (χ0n) is 15.9. The van der Waals surface area contributed by atoms with E-state index >= 15 is 0 Å². The van der Waals surface area contributed by atoms with E-state index in [2.05, 4.69) is 26.0 Å². The Kier molecular flexibility index (Phi) is 4.86. The van der Waals surface area contributed by atoms with Crippen LogP contribution in [0, 0.1) is 11.8 Å². The van der Waals surface area contributed by atoms with Crippen molar-refractivity contribution in [3.63, 3.8) is 0 Å². The summed E-state index contributed by atoms with van der Waals surface area (Å²) in [6.45, 7) is 4.23. The Morgan fingerprint density at radius 3 is 2.15 bits per heavy atom. The van der Waals surface area contributed by atoms with Gasteiger partial charge >= 0.3 is 0 Å². The van der Waals surface area contributed by atoms with Crippen LogP contribution in [0.3, 0.4) is 0 Å². The summed E-state index contributed by atoms with van der Waals surface area (Å²) in [5, 5.41) is 11.6. The van der Waals surface area contributed by atoms with Crippen LogP contribution in [0.25, 0.3) is 16.7 Å². The largest absolute Gasteiger partial charge is 0.511 e. The first-order valence-corrected chi connectivity index (χ1v) is 10.3. The molecule has 2 aromatic rings. The van der Waals surface area contributed by atoms with Crippen molar-refractivity contribution in [2.24, 2.45) is 11.8 Å². The molecule has 1 saturated carbocycles. The number of aliphatic hydroxyl groups excluding tert-OH is 1. The lowest BCUT2D eigenvalue weighted by molar-refractivity contribution is -0.117. The zero-order chi connectivity index (χ0) is 19.1. The number of fused-ring (bicyclic) bond motifs is 2. The maximum atomic E-state index is 13.1. The molecule has 1 N–H and O–H groups in total. The molecule has 140 valence electrons. The maximum Gasteiger partial charge on any atom is 0.169 e. The summed E-state index contributed by atoms with van der Waals surface area (Å²) in [5.41, 5.74) is 6.10. The Morgan fingerprint density at radius 1 is 0.963 bits per heavy atom. The number of Topliss-reactive ketones (excluding diaryl/α,β-unsaturated/α-hetero) is 1. The Balaban J connectivity index is 1.90. The van der Waals surface area contributed by atoms with E-state index in [1.165, 1.54) is 0 Å². The summed E-state index contributed by atoms with van der Waals surface area (Å²) in [6, 6.07) is 12.2. The topological polar surface area (TPSA) is 37.3 Å². The number of rotatable bonds is 4. The van der Waals surface area contributed by atoms with Crippen LogP contribution in [0.15, 0.2) is 42.2 Å². The van der Waals surface area contributed by atoms with E-state index in [1.54, 1.807) is 0 Å². The molecule has 0 amide bonds. The average Bonchev–Trinajstić information content (AvgIpc) is 3.14. The molecule has 0 heterocycles. The van der Waals surface area contributed by atoms with Gasteiger partial charge in [-0.3, -0.25) is 4.79 Å². The molecule has 2 aliphatic rings. The van der Waals surface area contributed by atoms with Crippen molar-refractivity contribution in [2.75, 3.05) is 0 Å². The molecule has 2 aliphatic carbocycles. The number of aryl methyl sites for hydroxylation is 2. The predicted octanol–water partition coefficient (Wildman–Crippen LogP) is 6.40. The second-order valence-electron chi connectivity index (χ2n) is 7.71. The fourth-order valence-electron chi connectivity index (χ4n) is 4.71. The Morgan fingerprint density at radius 2 is 1.56 bits per heavy atom. The molecule has 2 unspecified atom stereocenters. The quantitative estimate of drug-likeness (QED) is 0.666. The molecular formula is C24H25ClO2. The maximum absolute atomic E-state index is 13.1. The first-order valence-electron chi connectivity index (χ1n) is 9.92. The normalized spacial score (nSPS) is 21.8. The van der Waals surface area contributed by atoms with Crippen LogP contribution >= 0.6 is 11.6 Å². The van der Waals surface area contributed by atoms with Gasteiger partial charge in [-0.2, -0.15) is 0 Å². The molecule has 2 nitrogen and oxygen atoms in total. The molecule has 0 aromatic heterocycles. The van der Waals surface area contributed by atoms with Crippen LogP contribution in [0.4, 0.5) is 0 Å². The third kappa shape index (κ3) is 3.10. The number of halogens is 1. The van der Waals surface area contributed by atoms with Crippen molar-refractivity contribution in [1.82, 2.24) is 0 Å². The van der Waals surface area contributed by atoms with Crippen molar-refractivity contribution in [1.29, 1.82) is 0 Å². The van der Waals surface area contributed by atoms with Gasteiger partial charge in [0.15, 0.2) is 5.78 Å². The number of allylic oxidation sites excluding steroid dienone is 2. The molecule has 27 heavy (non-hydrogen) atoms. The highest BCUT2D eigenvalue weighted by atomic mass is 35.5. The molecule has 3 heteroatoms. The minimum Gasteiger partial charge on any atom is -0.511 e. The van der Waals surface area contributed by atoms with Crippen molar-refractivity contribution >= 4 is 23.0 Å². The SMILES string of the molecule is CCc1cc(-c2ccc(Cl)cc2)cc(CC)c1C1=C(O)C2CCC(C2)C1=O. The molecule has 0 radical (unpaired) electrons. The summed E-state index contributed by atoms with van der Waals surface area (Å²) >= 11 is 6.04. The van der Waals surface area contributed by atoms with Crippen molar-refractivity contribution in [3.05, 3.63) is 63.9 Å². The summed E-state index contributed by atoms with van der Waals surface area (Å²) in [5.74, 6) is 0.724. The fraction of sp³-hybridized carbons (Fsp3) is 0.375. The van der Waals surface area contributed by atoms with Crippen LogP contribution in [-0.2, 0) is 17.6 Å². The lowest BCUT2D eigenvalue weighted by Crippen LogP contribution is -2.22. The highest BCUT2D eigenvalue weighted by molar-refractivity contribution is 6.30. The zero-order valence-corrected chi connectivity index (χ0v) is 16.6. The first kappa shape index (κ1) is 18.3. The lowest BCUT2D eigenvalue weighted by atomic mass is 9.79. The third-order valence-electron chi connectivity index (χ3n) is 6.18. The van der Waals surface area contributed by atoms with Gasteiger partial charge in [0.2, 0.25) is 0 Å². The number of ketones is 1. The number of hydrogen-bond donors (Lipinski definition) is 1. The summed E-state index contributed by atoms with van der Waals surface area (Å²) in [4.78, 5) is 13.1. The number of hydrogen-bond acceptors (Lipinski definition) is 2. The van der Waals surface area contributed by atoms with Crippen molar-refractivity contribution in [2.45, 2.75) is 46.0 Å². The number of benzene rings is 2. The Labute approximate surface area is 165 Å². The van der Waals surface area contributed by atoms with E-state index in [4.69, 9.17) is 11.6 Å². The van der Waals surface area contributed by atoms with Gasteiger partial charge in [-0.15, -0.1) is 0 Å². The van der Waals surface area contributed by atoms with Gasteiger partial charge in [0.25, 0.3) is 0 Å². The first-order chi connectivity index (χ1) is 13.0. The monoisotopic (exact) mass is 380 g/mol. The van der Waals surface area contributed by atoms with Gasteiger partial charge in [0.1, 0.15) is 5.76 Å². The average molecular weight is 381 g/mol. The van der Waals surface area contributed by atoms with E-state index < -0.39 is 0 Å². The van der Waals surface area contributed by atoms with Gasteiger partial charge in [-0.25, -0.2) is 0 Å². The van der Waals surface area contributed by atoms with Crippen LogP contribution in [-0.4, -0.2) is 10.9 Å². The minimum absolute atomic E-state index is 0.0891. The van der Waals surface area contributed by atoms with Gasteiger partial charge in [0.05, 0.1) is 5.57 Å². The molecule has 0 aliphatic heterocycles. The molecule has 1 fully saturated rings. The molecule has 2 aromatic carbocycles. The van der Waals surface area contributed by atoms with Gasteiger partial charge in [-0.1, -0.05) is 49.7 Å². The second-order valence-corrected chi connectivity index (χ2v) is 8.15. The van der Waals surface area contributed by atoms with Crippen LogP contribution in [0.2, 0.25) is 5.02 Å². The molecular weight excluding hydrogens is 356 g/mol. The number of carbonyl (C=O) groups is 1. The molecule has 4 rings (SSSR count). The molecule has 0 spiro atoms. The Bertz CT molecular complexity index is 899. The smallest absolute Gasteiger partial charge is 0.169 e. The van der Waals surface area contributed by atoms with E-state index in [9.17, 15) is 9.90 Å². The number of carbonyl (C=O) groups excluding carboxylic acids is 1. The van der Waals surface area contributed by atoms with Gasteiger partial charge in [-0.05, 0) is 72.1 Å². The molecule has 0 saturated heterocycles.